The number of hydrogen-bond acceptors (Lipinski definition) is 5. The van der Waals surface area contributed by atoms with Crippen LogP contribution in [0.5, 0.6) is 0 Å². The van der Waals surface area contributed by atoms with Crippen molar-refractivity contribution < 1.29 is 13.2 Å². The molecule has 0 unspecified atom stereocenters. The number of hydrogen-bond donors (Lipinski definition) is 1. The molecule has 6 nitrogen and oxygen atoms in total. The summed E-state index contributed by atoms with van der Waals surface area (Å²) in [5.41, 5.74) is 0.153. The molecule has 3 aromatic rings. The van der Waals surface area contributed by atoms with Gasteiger partial charge in [-0.3, -0.25) is 19.3 Å². The van der Waals surface area contributed by atoms with Crippen molar-refractivity contribution in [3.05, 3.63) is 64.0 Å². The highest BCUT2D eigenvalue weighted by Crippen LogP contribution is 2.32. The molecule has 3 aromatic heterocycles. The third-order valence-electron chi connectivity index (χ3n) is 5.07. The Morgan fingerprint density at radius 2 is 1.89 bits per heavy atom. The van der Waals surface area contributed by atoms with Gasteiger partial charge in [0, 0.05) is 30.4 Å². The van der Waals surface area contributed by atoms with Crippen molar-refractivity contribution in [2.75, 3.05) is 13.1 Å². The lowest BCUT2D eigenvalue weighted by Gasteiger charge is -2.23. The third kappa shape index (κ3) is 3.49. The molecule has 146 valence electrons. The van der Waals surface area contributed by atoms with Gasteiger partial charge in [0.25, 0.3) is 5.56 Å². The van der Waals surface area contributed by atoms with E-state index in [4.69, 9.17) is 0 Å². The Bertz CT molecular complexity index is 1060. The maximum Gasteiger partial charge on any atom is 0.418 e. The number of piperidine rings is 1. The molecular weight excluding hydrogens is 371 g/mol. The van der Waals surface area contributed by atoms with E-state index in [-0.39, 0.29) is 29.2 Å². The van der Waals surface area contributed by atoms with E-state index in [1.54, 1.807) is 6.07 Å². The van der Waals surface area contributed by atoms with Crippen molar-refractivity contribution in [1.82, 2.24) is 24.8 Å². The predicted molar refractivity (Wildman–Crippen MR) is 97.0 cm³/mol. The van der Waals surface area contributed by atoms with Crippen LogP contribution in [0.2, 0.25) is 0 Å². The molecule has 28 heavy (non-hydrogen) atoms. The molecule has 4 heterocycles. The Labute approximate surface area is 158 Å². The van der Waals surface area contributed by atoms with Gasteiger partial charge in [0.1, 0.15) is 5.52 Å². The summed E-state index contributed by atoms with van der Waals surface area (Å²) in [7, 11) is 0. The minimum Gasteiger partial charge on any atom is -0.317 e. The second kappa shape index (κ2) is 7.31. The van der Waals surface area contributed by atoms with Gasteiger partial charge in [-0.05, 0) is 49.5 Å². The van der Waals surface area contributed by atoms with Gasteiger partial charge in [-0.2, -0.15) is 13.2 Å². The van der Waals surface area contributed by atoms with Crippen molar-refractivity contribution in [1.29, 1.82) is 0 Å². The Morgan fingerprint density at radius 1 is 1.14 bits per heavy atom. The van der Waals surface area contributed by atoms with Crippen LogP contribution in [0.15, 0.2) is 41.7 Å². The molecular formula is C19H18F3N5O. The number of aromatic nitrogens is 4. The fraction of sp³-hybridized carbons (Fsp3) is 0.368. The fourth-order valence-electron chi connectivity index (χ4n) is 3.67. The monoisotopic (exact) mass is 389 g/mol. The van der Waals surface area contributed by atoms with Gasteiger partial charge in [-0.1, -0.05) is 0 Å². The van der Waals surface area contributed by atoms with E-state index in [0.29, 0.717) is 11.1 Å². The zero-order valence-electron chi connectivity index (χ0n) is 14.9. The molecule has 0 aromatic carbocycles. The van der Waals surface area contributed by atoms with E-state index in [1.165, 1.54) is 29.2 Å². The molecule has 0 bridgehead atoms. The quantitative estimate of drug-likeness (QED) is 0.746. The zero-order valence-corrected chi connectivity index (χ0v) is 14.9. The van der Waals surface area contributed by atoms with Crippen molar-refractivity contribution in [2.45, 2.75) is 31.5 Å². The normalized spacial score (nSPS) is 15.8. The summed E-state index contributed by atoms with van der Waals surface area (Å²) in [6, 6.07) is 3.02. The van der Waals surface area contributed by atoms with E-state index >= 15 is 0 Å². The zero-order chi connectivity index (χ0) is 19.7. The minimum atomic E-state index is -4.55. The second-order valence-electron chi connectivity index (χ2n) is 6.81. The van der Waals surface area contributed by atoms with Crippen molar-refractivity contribution in [2.24, 2.45) is 0 Å². The van der Waals surface area contributed by atoms with E-state index in [0.717, 1.165) is 32.1 Å². The number of nitrogens with one attached hydrogen (secondary N) is 1. The molecule has 1 aliphatic heterocycles. The van der Waals surface area contributed by atoms with Crippen molar-refractivity contribution in [3.63, 3.8) is 0 Å². The molecule has 0 aliphatic carbocycles. The van der Waals surface area contributed by atoms with Crippen LogP contribution in [0.1, 0.15) is 35.4 Å². The maximum absolute atomic E-state index is 13.4. The molecule has 1 saturated heterocycles. The van der Waals surface area contributed by atoms with Gasteiger partial charge in [0.2, 0.25) is 0 Å². The van der Waals surface area contributed by atoms with Gasteiger partial charge >= 0.3 is 6.18 Å². The molecule has 0 amide bonds. The Morgan fingerprint density at radius 3 is 2.64 bits per heavy atom. The lowest BCUT2D eigenvalue weighted by molar-refractivity contribution is -0.138. The molecule has 9 heteroatoms. The van der Waals surface area contributed by atoms with Crippen LogP contribution >= 0.6 is 0 Å². The Kier molecular flexibility index (Phi) is 4.84. The van der Waals surface area contributed by atoms with Crippen LogP contribution in [-0.4, -0.2) is 32.6 Å². The summed E-state index contributed by atoms with van der Waals surface area (Å²) in [4.78, 5) is 25.3. The maximum atomic E-state index is 13.4. The van der Waals surface area contributed by atoms with E-state index < -0.39 is 11.7 Å². The predicted octanol–water partition coefficient (Wildman–Crippen LogP) is 2.72. The molecule has 0 radical (unpaired) electrons. The van der Waals surface area contributed by atoms with Crippen LogP contribution < -0.4 is 10.9 Å². The summed E-state index contributed by atoms with van der Waals surface area (Å²) >= 11 is 0. The fourth-order valence-corrected chi connectivity index (χ4v) is 3.67. The number of nitrogens with zero attached hydrogens (tertiary/aromatic N) is 4. The summed E-state index contributed by atoms with van der Waals surface area (Å²) in [6.45, 7) is 1.35. The molecule has 1 fully saturated rings. The molecule has 0 atom stereocenters. The molecule has 0 spiro atoms. The highest BCUT2D eigenvalue weighted by Gasteiger charge is 2.34. The average Bonchev–Trinajstić information content (AvgIpc) is 2.70. The summed E-state index contributed by atoms with van der Waals surface area (Å²) in [5, 5.41) is 3.25. The van der Waals surface area contributed by atoms with Gasteiger partial charge in [-0.15, -0.1) is 0 Å². The van der Waals surface area contributed by atoms with Crippen molar-refractivity contribution in [3.8, 4) is 0 Å². The molecule has 0 saturated carbocycles. The van der Waals surface area contributed by atoms with Gasteiger partial charge < -0.3 is 5.32 Å². The van der Waals surface area contributed by atoms with E-state index in [2.05, 4.69) is 20.3 Å². The van der Waals surface area contributed by atoms with Crippen molar-refractivity contribution >= 4 is 11.2 Å². The number of halogens is 3. The number of rotatable bonds is 3. The van der Waals surface area contributed by atoms with Crippen LogP contribution in [0.3, 0.4) is 0 Å². The smallest absolute Gasteiger partial charge is 0.317 e. The first-order chi connectivity index (χ1) is 13.4. The molecule has 1 N–H and O–H groups in total. The SMILES string of the molecule is O=c1c(C2CCNCC2)cc2nccnc2n1Cc1ccncc1C(F)(F)F. The largest absolute Gasteiger partial charge is 0.418 e. The van der Waals surface area contributed by atoms with Gasteiger partial charge in [0.15, 0.2) is 5.65 Å². The standard InChI is InChI=1S/C19H18F3N5O/c20-19(21,22)15-10-24-6-3-13(15)11-27-17-16(25-7-8-26-17)9-14(18(27)28)12-1-4-23-5-2-12/h3,6-10,12,23H,1-2,4-5,11H2. The number of fused-ring (bicyclic) bond motifs is 1. The first-order valence-corrected chi connectivity index (χ1v) is 9.00. The van der Waals surface area contributed by atoms with Crippen LogP contribution in [0, 0.1) is 0 Å². The second-order valence-corrected chi connectivity index (χ2v) is 6.81. The third-order valence-corrected chi connectivity index (χ3v) is 5.07. The summed E-state index contributed by atoms with van der Waals surface area (Å²) in [5.74, 6) is 0.0472. The molecule has 4 rings (SSSR count). The van der Waals surface area contributed by atoms with Crippen LogP contribution in [0.4, 0.5) is 13.2 Å². The summed E-state index contributed by atoms with van der Waals surface area (Å²) < 4.78 is 41.4. The lowest BCUT2D eigenvalue weighted by Crippen LogP contribution is -2.32. The topological polar surface area (TPSA) is 72.7 Å². The van der Waals surface area contributed by atoms with E-state index in [9.17, 15) is 18.0 Å². The lowest BCUT2D eigenvalue weighted by atomic mass is 9.91. The minimum absolute atomic E-state index is 0.0287. The molecule has 1 aliphatic rings. The summed E-state index contributed by atoms with van der Waals surface area (Å²) in [6.07, 6.45) is 2.05. The Hall–Kier alpha value is -2.81. The highest BCUT2D eigenvalue weighted by molar-refractivity contribution is 5.70. The van der Waals surface area contributed by atoms with Crippen LogP contribution in [-0.2, 0) is 12.7 Å². The first-order valence-electron chi connectivity index (χ1n) is 9.00. The van der Waals surface area contributed by atoms with Crippen LogP contribution in [0.25, 0.3) is 11.2 Å². The highest BCUT2D eigenvalue weighted by atomic mass is 19.4. The van der Waals surface area contributed by atoms with Gasteiger partial charge in [0.05, 0.1) is 12.1 Å². The Balaban J connectivity index is 1.87. The first kappa shape index (κ1) is 18.5. The average molecular weight is 389 g/mol. The number of pyridine rings is 2. The van der Waals surface area contributed by atoms with Gasteiger partial charge in [-0.25, -0.2) is 4.98 Å². The van der Waals surface area contributed by atoms with E-state index in [1.807, 2.05) is 0 Å². The number of alkyl halides is 3.